The third kappa shape index (κ3) is 4.71. The van der Waals surface area contributed by atoms with E-state index in [0.717, 1.165) is 5.56 Å². The fraction of sp³-hybridized carbons (Fsp3) is 0.176. The monoisotopic (exact) mass is 351 g/mol. The lowest BCUT2D eigenvalue weighted by atomic mass is 10.1. The van der Waals surface area contributed by atoms with E-state index in [1.54, 1.807) is 42.5 Å². The van der Waals surface area contributed by atoms with Gasteiger partial charge in [0, 0.05) is 10.0 Å². The van der Waals surface area contributed by atoms with E-state index in [1.807, 2.05) is 6.92 Å². The lowest BCUT2D eigenvalue weighted by Gasteiger charge is -2.16. The van der Waals surface area contributed by atoms with Gasteiger partial charge in [0.15, 0.2) is 12.9 Å². The van der Waals surface area contributed by atoms with Crippen LogP contribution in [0.5, 0.6) is 5.75 Å². The fourth-order valence-corrected chi connectivity index (χ4v) is 2.64. The molecule has 0 heterocycles. The number of benzene rings is 2. The second-order valence-electron chi connectivity index (χ2n) is 4.90. The minimum absolute atomic E-state index is 0.194. The van der Waals surface area contributed by atoms with Crippen LogP contribution in [0.15, 0.2) is 42.5 Å². The minimum Gasteiger partial charge on any atom is -0.483 e. The van der Waals surface area contributed by atoms with E-state index in [1.165, 1.54) is 0 Å². The number of nitrogens with one attached hydrogen (secondary N) is 1. The zero-order valence-electron chi connectivity index (χ0n) is 12.4. The van der Waals surface area contributed by atoms with Crippen molar-refractivity contribution in [1.82, 2.24) is 5.32 Å². The van der Waals surface area contributed by atoms with Crippen LogP contribution in [0, 0.1) is 0 Å². The molecule has 2 aromatic carbocycles. The van der Waals surface area contributed by atoms with Gasteiger partial charge in [0.2, 0.25) is 0 Å². The lowest BCUT2D eigenvalue weighted by Crippen LogP contribution is -2.31. The van der Waals surface area contributed by atoms with Crippen molar-refractivity contribution in [1.29, 1.82) is 0 Å². The van der Waals surface area contributed by atoms with E-state index in [-0.39, 0.29) is 18.6 Å². The third-order valence-corrected chi connectivity index (χ3v) is 3.77. The van der Waals surface area contributed by atoms with E-state index in [4.69, 9.17) is 27.9 Å². The summed E-state index contributed by atoms with van der Waals surface area (Å²) in [5.41, 5.74) is 1.16. The van der Waals surface area contributed by atoms with E-state index in [2.05, 4.69) is 5.32 Å². The Morgan fingerprint density at radius 1 is 1.26 bits per heavy atom. The van der Waals surface area contributed by atoms with Crippen LogP contribution in [0.2, 0.25) is 10.0 Å². The first-order valence-electron chi connectivity index (χ1n) is 6.92. The Bertz CT molecular complexity index is 719. The Morgan fingerprint density at radius 3 is 2.70 bits per heavy atom. The zero-order chi connectivity index (χ0) is 16.8. The van der Waals surface area contributed by atoms with Crippen molar-refractivity contribution in [3.63, 3.8) is 0 Å². The second-order valence-corrected chi connectivity index (χ2v) is 5.74. The van der Waals surface area contributed by atoms with E-state index < -0.39 is 0 Å². The van der Waals surface area contributed by atoms with E-state index >= 15 is 0 Å². The summed E-state index contributed by atoms with van der Waals surface area (Å²) in [7, 11) is 0. The number of carbonyl (C=O) groups is 2. The summed E-state index contributed by atoms with van der Waals surface area (Å²) in [6.07, 6.45) is 0.684. The molecule has 0 fully saturated rings. The molecule has 23 heavy (non-hydrogen) atoms. The largest absolute Gasteiger partial charge is 0.483 e. The summed E-state index contributed by atoms with van der Waals surface area (Å²) in [5, 5.41) is 3.80. The average molecular weight is 352 g/mol. The third-order valence-electron chi connectivity index (χ3n) is 3.21. The van der Waals surface area contributed by atoms with Gasteiger partial charge in [0.25, 0.3) is 5.91 Å². The molecule has 120 valence electrons. The van der Waals surface area contributed by atoms with Gasteiger partial charge in [-0.15, -0.1) is 0 Å². The highest BCUT2D eigenvalue weighted by molar-refractivity contribution is 6.35. The van der Waals surface area contributed by atoms with Crippen molar-refractivity contribution in [3.05, 3.63) is 63.6 Å². The highest BCUT2D eigenvalue weighted by Gasteiger charge is 2.14. The van der Waals surface area contributed by atoms with Gasteiger partial charge >= 0.3 is 0 Å². The molecule has 2 rings (SSSR count). The maximum absolute atomic E-state index is 12.0. The van der Waals surface area contributed by atoms with Crippen LogP contribution in [-0.4, -0.2) is 18.8 Å². The number of halogens is 2. The number of aldehydes is 1. The molecule has 0 bridgehead atoms. The van der Waals surface area contributed by atoms with Gasteiger partial charge < -0.3 is 10.1 Å². The number of carbonyl (C=O) groups excluding carboxylic acids is 2. The molecular weight excluding hydrogens is 337 g/mol. The molecular formula is C17H15Cl2NO3. The fourth-order valence-electron chi connectivity index (χ4n) is 2.07. The number of rotatable bonds is 6. The predicted octanol–water partition coefficient (Wildman–Crippen LogP) is 4.06. The molecule has 0 unspecified atom stereocenters. The first-order valence-corrected chi connectivity index (χ1v) is 7.68. The highest BCUT2D eigenvalue weighted by Crippen LogP contribution is 2.26. The summed E-state index contributed by atoms with van der Waals surface area (Å²) in [6, 6.07) is 11.5. The first kappa shape index (κ1) is 17.3. The molecule has 4 nitrogen and oxygen atoms in total. The van der Waals surface area contributed by atoms with Crippen LogP contribution in [0.3, 0.4) is 0 Å². The molecule has 2 aromatic rings. The SMILES string of the molecule is C[C@H](NC(=O)COc1ccccc1C=O)c1ccc(Cl)cc1Cl. The summed E-state index contributed by atoms with van der Waals surface area (Å²) in [5.74, 6) is 0.0547. The van der Waals surface area contributed by atoms with Crippen LogP contribution < -0.4 is 10.1 Å². The van der Waals surface area contributed by atoms with Crippen molar-refractivity contribution in [2.75, 3.05) is 6.61 Å². The van der Waals surface area contributed by atoms with Gasteiger partial charge in [-0.25, -0.2) is 0 Å². The Kier molecular flexibility index (Phi) is 6.02. The molecule has 6 heteroatoms. The van der Waals surface area contributed by atoms with Crippen molar-refractivity contribution >= 4 is 35.4 Å². The smallest absolute Gasteiger partial charge is 0.258 e. The van der Waals surface area contributed by atoms with Crippen LogP contribution in [0.4, 0.5) is 0 Å². The van der Waals surface area contributed by atoms with Crippen molar-refractivity contribution < 1.29 is 14.3 Å². The van der Waals surface area contributed by atoms with Gasteiger partial charge in [0.05, 0.1) is 11.6 Å². The van der Waals surface area contributed by atoms with Gasteiger partial charge in [-0.1, -0.05) is 41.4 Å². The minimum atomic E-state index is -0.316. The highest BCUT2D eigenvalue weighted by atomic mass is 35.5. The molecule has 0 saturated carbocycles. The molecule has 1 amide bonds. The van der Waals surface area contributed by atoms with Crippen molar-refractivity contribution in [2.24, 2.45) is 0 Å². The Balaban J connectivity index is 1.95. The van der Waals surface area contributed by atoms with Gasteiger partial charge in [-0.05, 0) is 36.8 Å². The number of amides is 1. The van der Waals surface area contributed by atoms with Gasteiger partial charge in [-0.3, -0.25) is 9.59 Å². The molecule has 0 aliphatic carbocycles. The van der Waals surface area contributed by atoms with Crippen LogP contribution in [-0.2, 0) is 4.79 Å². The van der Waals surface area contributed by atoms with Crippen LogP contribution in [0.1, 0.15) is 28.9 Å². The molecule has 1 N–H and O–H groups in total. The maximum atomic E-state index is 12.0. The molecule has 0 saturated heterocycles. The van der Waals surface area contributed by atoms with Crippen LogP contribution in [0.25, 0.3) is 0 Å². The second kappa shape index (κ2) is 7.99. The Hall–Kier alpha value is -2.04. The number of ether oxygens (including phenoxy) is 1. The average Bonchev–Trinajstić information content (AvgIpc) is 2.53. The van der Waals surface area contributed by atoms with Gasteiger partial charge in [0.1, 0.15) is 5.75 Å². The Labute approximate surface area is 144 Å². The van der Waals surface area contributed by atoms with Crippen molar-refractivity contribution in [2.45, 2.75) is 13.0 Å². The number of hydrogen-bond donors (Lipinski definition) is 1. The summed E-state index contributed by atoms with van der Waals surface area (Å²) in [6.45, 7) is 1.62. The van der Waals surface area contributed by atoms with E-state index in [0.29, 0.717) is 27.6 Å². The topological polar surface area (TPSA) is 55.4 Å². The zero-order valence-corrected chi connectivity index (χ0v) is 13.9. The van der Waals surface area contributed by atoms with Crippen LogP contribution >= 0.6 is 23.2 Å². The molecule has 0 aliphatic heterocycles. The van der Waals surface area contributed by atoms with E-state index in [9.17, 15) is 9.59 Å². The van der Waals surface area contributed by atoms with Gasteiger partial charge in [-0.2, -0.15) is 0 Å². The van der Waals surface area contributed by atoms with Crippen molar-refractivity contribution in [3.8, 4) is 5.75 Å². The molecule has 0 aromatic heterocycles. The Morgan fingerprint density at radius 2 is 2.00 bits per heavy atom. The quantitative estimate of drug-likeness (QED) is 0.798. The molecule has 0 spiro atoms. The lowest BCUT2D eigenvalue weighted by molar-refractivity contribution is -0.123. The normalized spacial score (nSPS) is 11.6. The number of hydrogen-bond acceptors (Lipinski definition) is 3. The standard InChI is InChI=1S/C17H15Cl2NO3/c1-11(14-7-6-13(18)8-15(14)19)20-17(22)10-23-16-5-3-2-4-12(16)9-21/h2-9,11H,10H2,1H3,(H,20,22)/t11-/m0/s1. The molecule has 0 aliphatic rings. The first-order chi connectivity index (χ1) is 11.0. The predicted molar refractivity (Wildman–Crippen MR) is 90.3 cm³/mol. The summed E-state index contributed by atoms with van der Waals surface area (Å²) in [4.78, 5) is 22.9. The number of para-hydroxylation sites is 1. The molecule has 1 atom stereocenters. The maximum Gasteiger partial charge on any atom is 0.258 e. The summed E-state index contributed by atoms with van der Waals surface area (Å²) < 4.78 is 5.38. The summed E-state index contributed by atoms with van der Waals surface area (Å²) >= 11 is 12.0. The molecule has 0 radical (unpaired) electrons.